The maximum absolute atomic E-state index is 12.9. The molecule has 0 spiro atoms. The molecule has 0 saturated carbocycles. The Hall–Kier alpha value is -1.94. The molecule has 0 unspecified atom stereocenters. The highest BCUT2D eigenvalue weighted by molar-refractivity contribution is 6.29. The molecule has 0 saturated heterocycles. The monoisotopic (exact) mass is 306 g/mol. The summed E-state index contributed by atoms with van der Waals surface area (Å²) in [5.74, 6) is -0.431. The number of pyridine rings is 1. The summed E-state index contributed by atoms with van der Waals surface area (Å²) in [4.78, 5) is 18.1. The summed E-state index contributed by atoms with van der Waals surface area (Å²) in [6.07, 6.45) is 0.711. The molecule has 2 aromatic rings. The molecule has 110 valence electrons. The van der Waals surface area contributed by atoms with E-state index in [4.69, 9.17) is 11.6 Å². The number of nitrogens with zero attached hydrogens (tertiary/aromatic N) is 2. The minimum absolute atomic E-state index is 0.140. The van der Waals surface area contributed by atoms with Gasteiger partial charge in [0, 0.05) is 24.8 Å². The molecular weight excluding hydrogens is 291 g/mol. The Morgan fingerprint density at radius 2 is 1.95 bits per heavy atom. The van der Waals surface area contributed by atoms with Crippen molar-refractivity contribution >= 4 is 17.5 Å². The van der Waals surface area contributed by atoms with Crippen LogP contribution in [0.2, 0.25) is 5.15 Å². The number of halogens is 2. The third-order valence-corrected chi connectivity index (χ3v) is 3.33. The zero-order valence-corrected chi connectivity index (χ0v) is 12.7. The van der Waals surface area contributed by atoms with Crippen molar-refractivity contribution in [2.45, 2.75) is 19.9 Å². The van der Waals surface area contributed by atoms with E-state index in [1.807, 2.05) is 6.92 Å². The van der Waals surface area contributed by atoms with Gasteiger partial charge in [-0.25, -0.2) is 9.37 Å². The first-order valence-electron chi connectivity index (χ1n) is 6.66. The minimum atomic E-state index is -0.291. The van der Waals surface area contributed by atoms with E-state index in [1.165, 1.54) is 12.1 Å². The van der Waals surface area contributed by atoms with E-state index in [9.17, 15) is 9.18 Å². The van der Waals surface area contributed by atoms with Crippen molar-refractivity contribution in [2.24, 2.45) is 0 Å². The lowest BCUT2D eigenvalue weighted by molar-refractivity contribution is 0.0785. The van der Waals surface area contributed by atoms with Crippen LogP contribution < -0.4 is 0 Å². The minimum Gasteiger partial charge on any atom is -0.337 e. The molecule has 0 aliphatic heterocycles. The summed E-state index contributed by atoms with van der Waals surface area (Å²) in [6, 6.07) is 9.39. The van der Waals surface area contributed by atoms with Gasteiger partial charge in [-0.15, -0.1) is 0 Å². The molecule has 0 bridgehead atoms. The van der Waals surface area contributed by atoms with Gasteiger partial charge < -0.3 is 4.90 Å². The van der Waals surface area contributed by atoms with E-state index < -0.39 is 0 Å². The van der Waals surface area contributed by atoms with Crippen LogP contribution in [0.5, 0.6) is 0 Å². The lowest BCUT2D eigenvalue weighted by Gasteiger charge is -2.18. The molecule has 2 rings (SSSR count). The first-order valence-corrected chi connectivity index (χ1v) is 7.03. The summed E-state index contributed by atoms with van der Waals surface area (Å²) in [5, 5.41) is 0.313. The topological polar surface area (TPSA) is 33.2 Å². The lowest BCUT2D eigenvalue weighted by Crippen LogP contribution is -2.26. The Labute approximate surface area is 128 Å². The fourth-order valence-corrected chi connectivity index (χ4v) is 2.24. The Kier molecular flexibility index (Phi) is 4.91. The zero-order valence-electron chi connectivity index (χ0n) is 11.9. The molecule has 0 aliphatic rings. The van der Waals surface area contributed by atoms with E-state index in [1.54, 1.807) is 36.2 Å². The number of amides is 1. The van der Waals surface area contributed by atoms with Crippen LogP contribution >= 0.6 is 11.6 Å². The summed E-state index contributed by atoms with van der Waals surface area (Å²) in [7, 11) is 1.70. The highest BCUT2D eigenvalue weighted by atomic mass is 35.5. The van der Waals surface area contributed by atoms with Gasteiger partial charge in [0.1, 0.15) is 11.0 Å². The number of hydrogen-bond donors (Lipinski definition) is 0. The summed E-state index contributed by atoms with van der Waals surface area (Å²) in [5.41, 5.74) is 2.15. The van der Waals surface area contributed by atoms with Crippen molar-refractivity contribution in [1.82, 2.24) is 9.88 Å². The third-order valence-electron chi connectivity index (χ3n) is 3.14. The van der Waals surface area contributed by atoms with Crippen LogP contribution in [0.4, 0.5) is 4.39 Å². The standard InChI is InChI=1S/C16H16ClFN2O/c1-3-14-8-12(9-15(17)19-14)16(21)20(2)10-11-4-6-13(18)7-5-11/h4-9H,3,10H2,1-2H3. The van der Waals surface area contributed by atoms with Crippen LogP contribution in [0, 0.1) is 5.82 Å². The maximum Gasteiger partial charge on any atom is 0.254 e. The predicted octanol–water partition coefficient (Wildman–Crippen LogP) is 3.71. The number of aryl methyl sites for hydroxylation is 1. The van der Waals surface area contributed by atoms with Crippen molar-refractivity contribution in [2.75, 3.05) is 7.05 Å². The van der Waals surface area contributed by atoms with E-state index in [2.05, 4.69) is 4.98 Å². The molecular formula is C16H16ClFN2O. The average molecular weight is 307 g/mol. The normalized spacial score (nSPS) is 10.5. The van der Waals surface area contributed by atoms with Crippen molar-refractivity contribution in [3.8, 4) is 0 Å². The Balaban J connectivity index is 2.15. The number of aromatic nitrogens is 1. The van der Waals surface area contributed by atoms with E-state index in [-0.39, 0.29) is 11.7 Å². The molecule has 0 aliphatic carbocycles. The van der Waals surface area contributed by atoms with Crippen LogP contribution in [-0.4, -0.2) is 22.8 Å². The van der Waals surface area contributed by atoms with Gasteiger partial charge in [0.05, 0.1) is 0 Å². The molecule has 5 heteroatoms. The van der Waals surface area contributed by atoms with Gasteiger partial charge in [0.2, 0.25) is 0 Å². The summed E-state index contributed by atoms with van der Waals surface area (Å²) >= 11 is 5.93. The predicted molar refractivity (Wildman–Crippen MR) is 80.8 cm³/mol. The van der Waals surface area contributed by atoms with E-state index in [0.29, 0.717) is 23.7 Å². The molecule has 1 aromatic heterocycles. The first kappa shape index (κ1) is 15.4. The molecule has 0 radical (unpaired) electrons. The van der Waals surface area contributed by atoms with Gasteiger partial charge in [0.25, 0.3) is 5.91 Å². The Bertz CT molecular complexity index is 643. The van der Waals surface area contributed by atoms with Gasteiger partial charge >= 0.3 is 0 Å². The van der Waals surface area contributed by atoms with Crippen molar-refractivity contribution in [1.29, 1.82) is 0 Å². The Morgan fingerprint density at radius 3 is 2.57 bits per heavy atom. The summed E-state index contributed by atoms with van der Waals surface area (Å²) < 4.78 is 12.9. The quantitative estimate of drug-likeness (QED) is 0.807. The molecule has 0 atom stereocenters. The number of carbonyl (C=O) groups excluding carboxylic acids is 1. The number of carbonyl (C=O) groups is 1. The Morgan fingerprint density at radius 1 is 1.29 bits per heavy atom. The van der Waals surface area contributed by atoms with Gasteiger partial charge in [-0.2, -0.15) is 0 Å². The van der Waals surface area contributed by atoms with Crippen molar-refractivity contribution in [3.63, 3.8) is 0 Å². The van der Waals surface area contributed by atoms with Crippen molar-refractivity contribution < 1.29 is 9.18 Å². The third kappa shape index (κ3) is 4.02. The smallest absolute Gasteiger partial charge is 0.254 e. The van der Waals surface area contributed by atoms with E-state index >= 15 is 0 Å². The van der Waals surface area contributed by atoms with Gasteiger partial charge in [0.15, 0.2) is 0 Å². The molecule has 1 amide bonds. The number of benzene rings is 1. The molecule has 1 heterocycles. The van der Waals surface area contributed by atoms with Crippen LogP contribution in [0.1, 0.15) is 28.5 Å². The van der Waals surface area contributed by atoms with Crippen LogP contribution in [0.15, 0.2) is 36.4 Å². The molecule has 0 fully saturated rings. The second kappa shape index (κ2) is 6.68. The fraction of sp³-hybridized carbons (Fsp3) is 0.250. The second-order valence-electron chi connectivity index (χ2n) is 4.81. The molecule has 1 aromatic carbocycles. The lowest BCUT2D eigenvalue weighted by atomic mass is 10.1. The van der Waals surface area contributed by atoms with E-state index in [0.717, 1.165) is 11.3 Å². The van der Waals surface area contributed by atoms with Gasteiger partial charge in [-0.1, -0.05) is 30.7 Å². The fourth-order valence-electron chi connectivity index (χ4n) is 2.01. The number of rotatable bonds is 4. The SMILES string of the molecule is CCc1cc(C(=O)N(C)Cc2ccc(F)cc2)cc(Cl)n1. The largest absolute Gasteiger partial charge is 0.337 e. The highest BCUT2D eigenvalue weighted by Gasteiger charge is 2.14. The van der Waals surface area contributed by atoms with Gasteiger partial charge in [-0.05, 0) is 36.2 Å². The number of hydrogen-bond acceptors (Lipinski definition) is 2. The molecule has 21 heavy (non-hydrogen) atoms. The molecule has 3 nitrogen and oxygen atoms in total. The van der Waals surface area contributed by atoms with Crippen LogP contribution in [0.25, 0.3) is 0 Å². The van der Waals surface area contributed by atoms with Crippen molar-refractivity contribution in [3.05, 3.63) is 64.2 Å². The second-order valence-corrected chi connectivity index (χ2v) is 5.20. The van der Waals surface area contributed by atoms with Gasteiger partial charge in [-0.3, -0.25) is 4.79 Å². The zero-order chi connectivity index (χ0) is 15.4. The van der Waals surface area contributed by atoms with Crippen LogP contribution in [0.3, 0.4) is 0 Å². The summed E-state index contributed by atoms with van der Waals surface area (Å²) in [6.45, 7) is 2.36. The highest BCUT2D eigenvalue weighted by Crippen LogP contribution is 2.15. The average Bonchev–Trinajstić information content (AvgIpc) is 2.48. The first-order chi connectivity index (χ1) is 9.99. The molecule has 0 N–H and O–H groups in total. The van der Waals surface area contributed by atoms with Crippen LogP contribution in [-0.2, 0) is 13.0 Å². The maximum atomic E-state index is 12.9.